The van der Waals surface area contributed by atoms with Crippen molar-refractivity contribution in [2.24, 2.45) is 5.92 Å². The van der Waals surface area contributed by atoms with Gasteiger partial charge in [-0.15, -0.1) is 11.3 Å². The van der Waals surface area contributed by atoms with Crippen molar-refractivity contribution in [3.63, 3.8) is 0 Å². The van der Waals surface area contributed by atoms with Crippen molar-refractivity contribution in [2.75, 3.05) is 22.7 Å². The first kappa shape index (κ1) is 23.0. The fourth-order valence-electron chi connectivity index (χ4n) is 3.77. The number of piperidine rings is 1. The van der Waals surface area contributed by atoms with Crippen LogP contribution in [0, 0.1) is 5.92 Å². The van der Waals surface area contributed by atoms with Gasteiger partial charge in [-0.3, -0.25) is 9.52 Å². The number of thiazole rings is 1. The molecule has 0 saturated carbocycles. The molecule has 1 fully saturated rings. The number of hydrogen-bond acceptors (Lipinski definition) is 6. The smallest absolute Gasteiger partial charge is 0.263 e. The number of Topliss-reactive ketones (excluding diaryl/α,β-unsaturated/α-hetero) is 1. The van der Waals surface area contributed by atoms with Crippen LogP contribution in [0.1, 0.15) is 29.6 Å². The lowest BCUT2D eigenvalue weighted by atomic mass is 9.89. The molecule has 0 unspecified atom stereocenters. The zero-order chi connectivity index (χ0) is 22.7. The quantitative estimate of drug-likeness (QED) is 0.410. The largest absolute Gasteiger partial charge is 0.372 e. The number of halogens is 2. The van der Waals surface area contributed by atoms with E-state index in [1.165, 1.54) is 11.3 Å². The van der Waals surface area contributed by atoms with E-state index in [4.69, 9.17) is 23.2 Å². The summed E-state index contributed by atoms with van der Waals surface area (Å²) in [5, 5.41) is 2.95. The van der Waals surface area contributed by atoms with Gasteiger partial charge in [-0.25, -0.2) is 13.4 Å². The Morgan fingerprint density at radius 1 is 1.12 bits per heavy atom. The van der Waals surface area contributed by atoms with Gasteiger partial charge in [-0.1, -0.05) is 23.2 Å². The van der Waals surface area contributed by atoms with Gasteiger partial charge in [0.05, 0.1) is 9.92 Å². The number of carbonyl (C=O) groups is 1. The minimum atomic E-state index is -3.66. The third-order valence-electron chi connectivity index (χ3n) is 5.49. The van der Waals surface area contributed by atoms with Gasteiger partial charge in [0.15, 0.2) is 10.9 Å². The van der Waals surface area contributed by atoms with E-state index in [1.807, 2.05) is 12.1 Å². The molecule has 6 nitrogen and oxygen atoms in total. The highest BCUT2D eigenvalue weighted by atomic mass is 35.5. The molecule has 1 aromatic heterocycles. The summed E-state index contributed by atoms with van der Waals surface area (Å²) < 4.78 is 27.4. The van der Waals surface area contributed by atoms with E-state index >= 15 is 0 Å². The number of ketones is 1. The molecule has 1 saturated heterocycles. The van der Waals surface area contributed by atoms with Gasteiger partial charge in [0, 0.05) is 47.4 Å². The van der Waals surface area contributed by atoms with Crippen molar-refractivity contribution in [3.05, 3.63) is 69.7 Å². The van der Waals surface area contributed by atoms with Gasteiger partial charge in [0.25, 0.3) is 10.0 Å². The number of rotatable bonds is 7. The van der Waals surface area contributed by atoms with Gasteiger partial charge in [-0.2, -0.15) is 0 Å². The zero-order valence-electron chi connectivity index (χ0n) is 17.0. The van der Waals surface area contributed by atoms with Crippen molar-refractivity contribution in [2.45, 2.75) is 24.2 Å². The maximum atomic E-state index is 12.6. The average molecular weight is 510 g/mol. The second kappa shape index (κ2) is 9.79. The lowest BCUT2D eigenvalue weighted by molar-refractivity contribution is 0.0954. The maximum Gasteiger partial charge on any atom is 0.263 e. The Morgan fingerprint density at radius 3 is 2.47 bits per heavy atom. The first-order chi connectivity index (χ1) is 15.3. The standard InChI is InChI=1S/C22H21Cl2N3O3S2/c23-16-1-6-19(20(24)14-16)21(28)13-15-7-10-27(11-8-15)17-2-4-18(5-3-17)32(29,30)26-22-25-9-12-31-22/h1-6,9,12,14-15H,7-8,10-11,13H2,(H,25,26). The number of nitrogens with one attached hydrogen (secondary N) is 1. The Balaban J connectivity index is 1.33. The molecule has 0 radical (unpaired) electrons. The van der Waals surface area contributed by atoms with Crippen LogP contribution in [0.4, 0.5) is 10.8 Å². The SMILES string of the molecule is O=C(CC1CCN(c2ccc(S(=O)(=O)Nc3nccs3)cc2)CC1)c1ccc(Cl)cc1Cl. The normalized spacial score (nSPS) is 15.0. The molecule has 0 spiro atoms. The molecule has 1 aliphatic rings. The summed E-state index contributed by atoms with van der Waals surface area (Å²) in [7, 11) is -3.66. The molecule has 2 aromatic carbocycles. The van der Waals surface area contributed by atoms with Crippen LogP contribution in [-0.2, 0) is 10.0 Å². The number of carbonyl (C=O) groups excluding carboxylic acids is 1. The van der Waals surface area contributed by atoms with Gasteiger partial charge >= 0.3 is 0 Å². The van der Waals surface area contributed by atoms with E-state index in [-0.39, 0.29) is 16.6 Å². The van der Waals surface area contributed by atoms with Gasteiger partial charge < -0.3 is 4.90 Å². The van der Waals surface area contributed by atoms with Crippen molar-refractivity contribution >= 4 is 61.2 Å². The molecule has 0 atom stereocenters. The van der Waals surface area contributed by atoms with E-state index in [0.29, 0.717) is 27.2 Å². The summed E-state index contributed by atoms with van der Waals surface area (Å²) in [6, 6.07) is 11.8. The van der Waals surface area contributed by atoms with Gasteiger partial charge in [0.1, 0.15) is 0 Å². The van der Waals surface area contributed by atoms with Crippen molar-refractivity contribution in [3.8, 4) is 0 Å². The van der Waals surface area contributed by atoms with E-state index < -0.39 is 10.0 Å². The molecule has 4 rings (SSSR count). The topological polar surface area (TPSA) is 79.4 Å². The third-order valence-corrected chi connectivity index (χ3v) is 8.21. The summed E-state index contributed by atoms with van der Waals surface area (Å²) in [5.41, 5.74) is 1.48. The van der Waals surface area contributed by atoms with E-state index in [9.17, 15) is 13.2 Å². The van der Waals surface area contributed by atoms with Crippen LogP contribution >= 0.6 is 34.5 Å². The molecular formula is C22H21Cl2N3O3S2. The summed E-state index contributed by atoms with van der Waals surface area (Å²) >= 11 is 13.3. The van der Waals surface area contributed by atoms with E-state index in [0.717, 1.165) is 31.6 Å². The number of benzene rings is 2. The van der Waals surface area contributed by atoms with Crippen LogP contribution in [0.3, 0.4) is 0 Å². The lowest BCUT2D eigenvalue weighted by Gasteiger charge is -2.33. The molecule has 2 heterocycles. The van der Waals surface area contributed by atoms with Crippen molar-refractivity contribution in [1.29, 1.82) is 0 Å². The number of hydrogen-bond donors (Lipinski definition) is 1. The van der Waals surface area contributed by atoms with E-state index in [2.05, 4.69) is 14.6 Å². The fourth-order valence-corrected chi connectivity index (χ4v) is 6.07. The molecule has 1 N–H and O–H groups in total. The molecule has 3 aromatic rings. The van der Waals surface area contributed by atoms with Crippen LogP contribution in [0.5, 0.6) is 0 Å². The highest BCUT2D eigenvalue weighted by Crippen LogP contribution is 2.29. The number of anilines is 2. The molecule has 0 bridgehead atoms. The third kappa shape index (κ3) is 5.43. The molecule has 168 valence electrons. The number of sulfonamides is 1. The van der Waals surface area contributed by atoms with Crippen LogP contribution in [-0.4, -0.2) is 32.3 Å². The Kier molecular flexibility index (Phi) is 7.05. The monoisotopic (exact) mass is 509 g/mol. The molecule has 10 heteroatoms. The van der Waals surface area contributed by atoms with Gasteiger partial charge in [-0.05, 0) is 61.2 Å². The minimum absolute atomic E-state index is 0.0346. The predicted molar refractivity (Wildman–Crippen MR) is 130 cm³/mol. The maximum absolute atomic E-state index is 12.6. The average Bonchev–Trinajstić information content (AvgIpc) is 3.26. The second-order valence-electron chi connectivity index (χ2n) is 7.62. The lowest BCUT2D eigenvalue weighted by Crippen LogP contribution is -2.34. The van der Waals surface area contributed by atoms with Crippen molar-refractivity contribution < 1.29 is 13.2 Å². The molecule has 0 aliphatic carbocycles. The predicted octanol–water partition coefficient (Wildman–Crippen LogP) is 5.74. The molecule has 1 aliphatic heterocycles. The second-order valence-corrected chi connectivity index (χ2v) is 11.0. The first-order valence-corrected chi connectivity index (χ1v) is 13.2. The summed E-state index contributed by atoms with van der Waals surface area (Å²) in [6.45, 7) is 1.60. The number of aromatic nitrogens is 1. The Labute approximate surface area is 201 Å². The van der Waals surface area contributed by atoms with Crippen LogP contribution in [0.15, 0.2) is 58.9 Å². The Morgan fingerprint density at radius 2 is 1.84 bits per heavy atom. The van der Waals surface area contributed by atoms with E-state index in [1.54, 1.807) is 41.9 Å². The highest BCUT2D eigenvalue weighted by Gasteiger charge is 2.24. The van der Waals surface area contributed by atoms with Gasteiger partial charge in [0.2, 0.25) is 0 Å². The van der Waals surface area contributed by atoms with Crippen LogP contribution in [0.2, 0.25) is 10.0 Å². The Bertz CT molecular complexity index is 1190. The van der Waals surface area contributed by atoms with Crippen molar-refractivity contribution in [1.82, 2.24) is 4.98 Å². The first-order valence-electron chi connectivity index (χ1n) is 10.1. The highest BCUT2D eigenvalue weighted by molar-refractivity contribution is 7.93. The fraction of sp³-hybridized carbons (Fsp3) is 0.273. The number of nitrogens with zero attached hydrogens (tertiary/aromatic N) is 2. The Hall–Kier alpha value is -2.13. The summed E-state index contributed by atoms with van der Waals surface area (Å²) in [4.78, 5) is 19.0. The summed E-state index contributed by atoms with van der Waals surface area (Å²) in [5.74, 6) is 0.319. The zero-order valence-corrected chi connectivity index (χ0v) is 20.1. The summed E-state index contributed by atoms with van der Waals surface area (Å²) in [6.07, 6.45) is 3.76. The molecule has 0 amide bonds. The molecular weight excluding hydrogens is 489 g/mol. The van der Waals surface area contributed by atoms with Crippen LogP contribution < -0.4 is 9.62 Å². The van der Waals surface area contributed by atoms with Crippen LogP contribution in [0.25, 0.3) is 0 Å². The molecule has 32 heavy (non-hydrogen) atoms. The minimum Gasteiger partial charge on any atom is -0.372 e.